The van der Waals surface area contributed by atoms with E-state index in [1.807, 2.05) is 17.5 Å². The minimum atomic E-state index is 0.782. The van der Waals surface area contributed by atoms with E-state index >= 15 is 0 Å². The van der Waals surface area contributed by atoms with E-state index in [4.69, 9.17) is 0 Å². The zero-order valence-electron chi connectivity index (χ0n) is 8.22. The average molecular weight is 262 g/mol. The van der Waals surface area contributed by atoms with Crippen LogP contribution in [0.5, 0.6) is 0 Å². The highest BCUT2D eigenvalue weighted by Crippen LogP contribution is 2.20. The molecule has 0 N–H and O–H groups in total. The Hall–Kier alpha value is 0.110. The number of hydrogen-bond donors (Lipinski definition) is 0. The van der Waals surface area contributed by atoms with Crippen LogP contribution in [0.1, 0.15) is 29.7 Å². The molecule has 74 valence electrons. The van der Waals surface area contributed by atoms with Crippen LogP contribution in [0.2, 0.25) is 0 Å². The van der Waals surface area contributed by atoms with Crippen LogP contribution in [0.25, 0.3) is 0 Å². The summed E-state index contributed by atoms with van der Waals surface area (Å²) in [5, 5.41) is 2.29. The lowest BCUT2D eigenvalue weighted by molar-refractivity contribution is 0.538. The van der Waals surface area contributed by atoms with Crippen LogP contribution in [0.4, 0.5) is 0 Å². The third-order valence-electron chi connectivity index (χ3n) is 2.07. The molecule has 0 aliphatic heterocycles. The molecule has 1 nitrogen and oxygen atoms in total. The summed E-state index contributed by atoms with van der Waals surface area (Å²) in [5.74, 6) is 0.782. The number of nitrogens with zero attached hydrogens (tertiary/aromatic N) is 1. The summed E-state index contributed by atoms with van der Waals surface area (Å²) in [5.41, 5.74) is 0. The molecule has 13 heavy (non-hydrogen) atoms. The lowest BCUT2D eigenvalue weighted by atomic mass is 10.0. The number of alkyl halides is 1. The third kappa shape index (κ3) is 3.77. The van der Waals surface area contributed by atoms with Crippen molar-refractivity contribution in [3.63, 3.8) is 0 Å². The van der Waals surface area contributed by atoms with Crippen LogP contribution in [0.15, 0.2) is 6.20 Å². The van der Waals surface area contributed by atoms with Crippen LogP contribution in [-0.4, -0.2) is 10.3 Å². The highest BCUT2D eigenvalue weighted by atomic mass is 79.9. The first-order valence-corrected chi connectivity index (χ1v) is 6.67. The lowest BCUT2D eigenvalue weighted by Gasteiger charge is -2.10. The average Bonchev–Trinajstić information content (AvgIpc) is 2.50. The number of aryl methyl sites for hydroxylation is 1. The number of aromatic nitrogens is 1. The van der Waals surface area contributed by atoms with Gasteiger partial charge in [0.15, 0.2) is 0 Å². The van der Waals surface area contributed by atoms with Crippen LogP contribution in [0, 0.1) is 12.8 Å². The molecule has 0 saturated carbocycles. The maximum Gasteiger partial charge on any atom is 0.0896 e. The molecule has 3 heteroatoms. The summed E-state index contributed by atoms with van der Waals surface area (Å²) in [6.07, 6.45) is 5.78. The molecule has 1 aromatic heterocycles. The molecular weight excluding hydrogens is 246 g/mol. The predicted molar refractivity (Wildman–Crippen MR) is 62.7 cm³/mol. The second kappa shape index (κ2) is 5.76. The third-order valence-corrected chi connectivity index (χ3v) is 3.92. The van der Waals surface area contributed by atoms with Crippen LogP contribution in [0.3, 0.4) is 0 Å². The molecule has 0 aliphatic rings. The van der Waals surface area contributed by atoms with Gasteiger partial charge in [0.1, 0.15) is 0 Å². The minimum absolute atomic E-state index is 0.782. The quantitative estimate of drug-likeness (QED) is 0.735. The summed E-state index contributed by atoms with van der Waals surface area (Å²) in [7, 11) is 0. The SMILES string of the molecule is CCCC(CBr)Cc1cnc(C)s1. The Kier molecular flexibility index (Phi) is 4.96. The zero-order chi connectivity index (χ0) is 9.68. The van der Waals surface area contributed by atoms with E-state index in [0.717, 1.165) is 11.2 Å². The molecule has 1 atom stereocenters. The highest BCUT2D eigenvalue weighted by Gasteiger charge is 2.08. The van der Waals surface area contributed by atoms with Gasteiger partial charge in [0.2, 0.25) is 0 Å². The molecule has 0 radical (unpaired) electrons. The van der Waals surface area contributed by atoms with Gasteiger partial charge in [-0.3, -0.25) is 0 Å². The first-order valence-electron chi connectivity index (χ1n) is 4.73. The molecule has 0 saturated heterocycles. The highest BCUT2D eigenvalue weighted by molar-refractivity contribution is 9.09. The molecule has 0 fully saturated rings. The number of hydrogen-bond acceptors (Lipinski definition) is 2. The molecule has 0 aliphatic carbocycles. The topological polar surface area (TPSA) is 12.9 Å². The standard InChI is InChI=1S/C10H16BrNS/c1-3-4-9(6-11)5-10-7-12-8(2)13-10/h7,9H,3-6H2,1-2H3. The Morgan fingerprint density at radius 1 is 1.62 bits per heavy atom. The van der Waals surface area contributed by atoms with Crippen molar-refractivity contribution in [3.8, 4) is 0 Å². The Bertz CT molecular complexity index is 247. The molecule has 0 spiro atoms. The molecule has 0 aromatic carbocycles. The van der Waals surface area contributed by atoms with Crippen molar-refractivity contribution in [3.05, 3.63) is 16.1 Å². The van der Waals surface area contributed by atoms with Crippen molar-refractivity contribution < 1.29 is 0 Å². The summed E-state index contributed by atoms with van der Waals surface area (Å²) in [4.78, 5) is 5.69. The fourth-order valence-corrected chi connectivity index (χ4v) is 2.89. The van der Waals surface area contributed by atoms with Crippen molar-refractivity contribution in [2.24, 2.45) is 5.92 Å². The summed E-state index contributed by atoms with van der Waals surface area (Å²) < 4.78 is 0. The zero-order valence-corrected chi connectivity index (χ0v) is 10.6. The van der Waals surface area contributed by atoms with Gasteiger partial charge in [0.25, 0.3) is 0 Å². The van der Waals surface area contributed by atoms with Crippen LogP contribution < -0.4 is 0 Å². The van der Waals surface area contributed by atoms with Crippen molar-refractivity contribution in [1.82, 2.24) is 4.98 Å². The molecule has 0 bridgehead atoms. The smallest absolute Gasteiger partial charge is 0.0896 e. The van der Waals surface area contributed by atoms with Gasteiger partial charge in [-0.1, -0.05) is 29.3 Å². The summed E-state index contributed by atoms with van der Waals surface area (Å²) >= 11 is 5.39. The fraction of sp³-hybridized carbons (Fsp3) is 0.700. The first-order chi connectivity index (χ1) is 6.26. The van der Waals surface area contributed by atoms with Gasteiger partial charge in [0.05, 0.1) is 5.01 Å². The Morgan fingerprint density at radius 3 is 2.85 bits per heavy atom. The van der Waals surface area contributed by atoms with Gasteiger partial charge in [-0.15, -0.1) is 11.3 Å². The molecule has 1 aromatic rings. The second-order valence-corrected chi connectivity index (χ2v) is 5.33. The Balaban J connectivity index is 2.46. The van der Waals surface area contributed by atoms with E-state index in [9.17, 15) is 0 Å². The number of thiazole rings is 1. The van der Waals surface area contributed by atoms with Gasteiger partial charge in [-0.2, -0.15) is 0 Å². The largest absolute Gasteiger partial charge is 0.250 e. The lowest BCUT2D eigenvalue weighted by Crippen LogP contribution is -2.04. The van der Waals surface area contributed by atoms with Gasteiger partial charge < -0.3 is 0 Å². The van der Waals surface area contributed by atoms with E-state index in [1.165, 1.54) is 29.1 Å². The second-order valence-electron chi connectivity index (χ2n) is 3.36. The maximum absolute atomic E-state index is 4.27. The normalized spacial score (nSPS) is 13.2. The molecule has 0 amide bonds. The van der Waals surface area contributed by atoms with Crippen molar-refractivity contribution in [1.29, 1.82) is 0 Å². The number of rotatable bonds is 5. The van der Waals surface area contributed by atoms with E-state index in [1.54, 1.807) is 0 Å². The van der Waals surface area contributed by atoms with Gasteiger partial charge >= 0.3 is 0 Å². The monoisotopic (exact) mass is 261 g/mol. The van der Waals surface area contributed by atoms with Crippen LogP contribution in [-0.2, 0) is 6.42 Å². The van der Waals surface area contributed by atoms with Gasteiger partial charge in [-0.05, 0) is 25.7 Å². The van der Waals surface area contributed by atoms with Crippen molar-refractivity contribution in [2.75, 3.05) is 5.33 Å². The number of halogens is 1. The molecule has 1 unspecified atom stereocenters. The minimum Gasteiger partial charge on any atom is -0.250 e. The Morgan fingerprint density at radius 2 is 2.38 bits per heavy atom. The molecular formula is C10H16BrNS. The van der Waals surface area contributed by atoms with E-state index in [0.29, 0.717) is 0 Å². The van der Waals surface area contributed by atoms with Gasteiger partial charge in [0, 0.05) is 16.4 Å². The molecule has 1 rings (SSSR count). The summed E-state index contributed by atoms with van der Waals surface area (Å²) in [6, 6.07) is 0. The van der Waals surface area contributed by atoms with Crippen molar-refractivity contribution in [2.45, 2.75) is 33.1 Å². The maximum atomic E-state index is 4.27. The van der Waals surface area contributed by atoms with Gasteiger partial charge in [-0.25, -0.2) is 4.98 Å². The van der Waals surface area contributed by atoms with Crippen molar-refractivity contribution >= 4 is 27.3 Å². The fourth-order valence-electron chi connectivity index (χ4n) is 1.43. The summed E-state index contributed by atoms with van der Waals surface area (Å²) in [6.45, 7) is 4.31. The molecule has 1 heterocycles. The van der Waals surface area contributed by atoms with E-state index in [2.05, 4.69) is 34.8 Å². The van der Waals surface area contributed by atoms with E-state index < -0.39 is 0 Å². The Labute approximate surface area is 92.7 Å². The first kappa shape index (κ1) is 11.2. The van der Waals surface area contributed by atoms with E-state index in [-0.39, 0.29) is 0 Å². The van der Waals surface area contributed by atoms with Crippen LogP contribution >= 0.6 is 27.3 Å². The predicted octanol–water partition coefficient (Wildman–Crippen LogP) is 3.81.